The van der Waals surface area contributed by atoms with E-state index >= 15 is 0 Å². The maximum absolute atomic E-state index is 13.2. The van der Waals surface area contributed by atoms with Crippen molar-refractivity contribution >= 4 is 27.8 Å². The van der Waals surface area contributed by atoms with Crippen LogP contribution in [-0.4, -0.2) is 60.5 Å². The lowest BCUT2D eigenvalue weighted by atomic mass is 10.0. The molecular formula is C26H24BrF6N5O. The number of hydrogen-bond donors (Lipinski definition) is 1. The number of carbonyl (C=O) groups excluding carboxylic acids is 1. The van der Waals surface area contributed by atoms with Gasteiger partial charge in [-0.25, -0.2) is 9.97 Å². The number of rotatable bonds is 6. The van der Waals surface area contributed by atoms with E-state index in [9.17, 15) is 31.1 Å². The van der Waals surface area contributed by atoms with Gasteiger partial charge in [0.15, 0.2) is 0 Å². The first-order valence-corrected chi connectivity index (χ1v) is 12.7. The molecule has 0 bridgehead atoms. The van der Waals surface area contributed by atoms with Crippen LogP contribution in [0.4, 0.5) is 32.3 Å². The first-order chi connectivity index (χ1) is 18.3. The zero-order valence-electron chi connectivity index (χ0n) is 20.7. The Morgan fingerprint density at radius 1 is 0.974 bits per heavy atom. The van der Waals surface area contributed by atoms with Gasteiger partial charge in [-0.1, -0.05) is 34.1 Å². The Morgan fingerprint density at radius 3 is 2.18 bits per heavy atom. The second kappa shape index (κ2) is 11.5. The van der Waals surface area contributed by atoms with E-state index in [0.717, 1.165) is 13.1 Å². The molecule has 1 saturated heterocycles. The van der Waals surface area contributed by atoms with E-state index in [0.29, 0.717) is 46.9 Å². The number of nitrogens with zero attached hydrogens (tertiary/aromatic N) is 4. The summed E-state index contributed by atoms with van der Waals surface area (Å²) in [6.45, 7) is 2.85. The largest absolute Gasteiger partial charge is 0.416 e. The van der Waals surface area contributed by atoms with Gasteiger partial charge in [0.1, 0.15) is 0 Å². The monoisotopic (exact) mass is 615 g/mol. The SMILES string of the molecule is CN1CCN(c2ncc(C(=O)NCCc3cc(C(F)(F)F)cc(C(F)(F)F)c3)c(-c3ccccc3Br)n2)CC1. The van der Waals surface area contributed by atoms with Crippen LogP contribution in [-0.2, 0) is 18.8 Å². The summed E-state index contributed by atoms with van der Waals surface area (Å²) in [5.41, 5.74) is -1.90. The molecule has 39 heavy (non-hydrogen) atoms. The topological polar surface area (TPSA) is 61.4 Å². The summed E-state index contributed by atoms with van der Waals surface area (Å²) in [7, 11) is 2.02. The fourth-order valence-corrected chi connectivity index (χ4v) is 4.61. The highest BCUT2D eigenvalue weighted by Crippen LogP contribution is 2.36. The van der Waals surface area contributed by atoms with E-state index in [2.05, 4.69) is 36.1 Å². The van der Waals surface area contributed by atoms with Crippen LogP contribution >= 0.6 is 15.9 Å². The minimum atomic E-state index is -4.94. The smallest absolute Gasteiger partial charge is 0.352 e. The molecule has 0 radical (unpaired) electrons. The maximum atomic E-state index is 13.2. The standard InChI is InChI=1S/C26H24BrF6N5O/c1-37-8-10-38(11-9-37)24-35-15-20(22(36-24)19-4-2-3-5-21(19)27)23(39)34-7-6-16-12-17(25(28,29)30)14-18(13-16)26(31,32)33/h2-5,12-15H,6-11H2,1H3,(H,34,39). The van der Waals surface area contributed by atoms with Crippen LogP contribution in [0.5, 0.6) is 0 Å². The molecule has 0 atom stereocenters. The molecule has 3 aromatic rings. The molecule has 1 fully saturated rings. The van der Waals surface area contributed by atoms with Gasteiger partial charge < -0.3 is 15.1 Å². The summed E-state index contributed by atoms with van der Waals surface area (Å²) in [6.07, 6.45) is -8.75. The van der Waals surface area contributed by atoms with Crippen molar-refractivity contribution < 1.29 is 31.1 Å². The Hall–Kier alpha value is -3.19. The van der Waals surface area contributed by atoms with E-state index in [1.807, 2.05) is 11.9 Å². The van der Waals surface area contributed by atoms with E-state index in [4.69, 9.17) is 0 Å². The van der Waals surface area contributed by atoms with Gasteiger partial charge >= 0.3 is 12.4 Å². The molecule has 0 saturated carbocycles. The third-order valence-corrected chi connectivity index (χ3v) is 6.97. The zero-order valence-corrected chi connectivity index (χ0v) is 22.3. The Kier molecular flexibility index (Phi) is 8.50. The lowest BCUT2D eigenvalue weighted by Gasteiger charge is -2.32. The van der Waals surface area contributed by atoms with Gasteiger partial charge in [0.2, 0.25) is 5.95 Å². The van der Waals surface area contributed by atoms with Crippen molar-refractivity contribution in [2.45, 2.75) is 18.8 Å². The van der Waals surface area contributed by atoms with E-state index in [1.54, 1.807) is 24.3 Å². The molecule has 0 unspecified atom stereocenters. The molecule has 1 aromatic heterocycles. The van der Waals surface area contributed by atoms with Gasteiger partial charge in [0.25, 0.3) is 5.91 Å². The molecular weight excluding hydrogens is 592 g/mol. The summed E-state index contributed by atoms with van der Waals surface area (Å²) in [5.74, 6) is -0.150. The number of alkyl halides is 6. The number of hydrogen-bond acceptors (Lipinski definition) is 5. The van der Waals surface area contributed by atoms with Gasteiger partial charge in [0.05, 0.1) is 22.4 Å². The average Bonchev–Trinajstić information content (AvgIpc) is 2.88. The van der Waals surface area contributed by atoms with Crippen LogP contribution in [0, 0.1) is 0 Å². The van der Waals surface area contributed by atoms with Crippen LogP contribution in [0.2, 0.25) is 0 Å². The van der Waals surface area contributed by atoms with Crippen molar-refractivity contribution in [3.63, 3.8) is 0 Å². The molecule has 1 N–H and O–H groups in total. The van der Waals surface area contributed by atoms with Gasteiger partial charge in [-0.15, -0.1) is 0 Å². The van der Waals surface area contributed by atoms with Crippen molar-refractivity contribution in [2.24, 2.45) is 0 Å². The van der Waals surface area contributed by atoms with Crippen molar-refractivity contribution in [3.8, 4) is 11.3 Å². The lowest BCUT2D eigenvalue weighted by Crippen LogP contribution is -2.45. The van der Waals surface area contributed by atoms with Gasteiger partial charge in [-0.05, 0) is 43.3 Å². The fraction of sp³-hybridized carbons (Fsp3) is 0.346. The Morgan fingerprint density at radius 2 is 1.59 bits per heavy atom. The van der Waals surface area contributed by atoms with Crippen LogP contribution in [0.3, 0.4) is 0 Å². The van der Waals surface area contributed by atoms with Crippen molar-refractivity contribution in [3.05, 3.63) is 75.4 Å². The van der Waals surface area contributed by atoms with Gasteiger partial charge in [-0.2, -0.15) is 26.3 Å². The summed E-state index contributed by atoms with van der Waals surface area (Å²) < 4.78 is 79.7. The normalized spacial score (nSPS) is 14.9. The van der Waals surface area contributed by atoms with Crippen molar-refractivity contribution in [2.75, 3.05) is 44.7 Å². The maximum Gasteiger partial charge on any atom is 0.416 e. The Balaban J connectivity index is 1.57. The van der Waals surface area contributed by atoms with Gasteiger partial charge in [0, 0.05) is 49.0 Å². The number of nitrogens with one attached hydrogen (secondary N) is 1. The number of anilines is 1. The predicted molar refractivity (Wildman–Crippen MR) is 137 cm³/mol. The third kappa shape index (κ3) is 7.07. The highest BCUT2D eigenvalue weighted by Gasteiger charge is 2.36. The highest BCUT2D eigenvalue weighted by molar-refractivity contribution is 9.10. The summed E-state index contributed by atoms with van der Waals surface area (Å²) in [4.78, 5) is 26.4. The van der Waals surface area contributed by atoms with Crippen LogP contribution in [0.15, 0.2) is 53.1 Å². The summed E-state index contributed by atoms with van der Waals surface area (Å²) >= 11 is 3.48. The third-order valence-electron chi connectivity index (χ3n) is 6.28. The van der Waals surface area contributed by atoms with Crippen LogP contribution < -0.4 is 10.2 Å². The Labute approximate surface area is 229 Å². The number of benzene rings is 2. The number of carbonyl (C=O) groups is 1. The summed E-state index contributed by atoms with van der Waals surface area (Å²) in [6, 6.07) is 8.54. The van der Waals surface area contributed by atoms with Crippen LogP contribution in [0.25, 0.3) is 11.3 Å². The molecule has 1 aliphatic rings. The number of amides is 1. The molecule has 4 rings (SSSR count). The molecule has 0 spiro atoms. The van der Waals surface area contributed by atoms with E-state index in [1.165, 1.54) is 6.20 Å². The lowest BCUT2D eigenvalue weighted by molar-refractivity contribution is -0.143. The Bertz CT molecular complexity index is 1310. The van der Waals surface area contributed by atoms with Crippen molar-refractivity contribution in [1.29, 1.82) is 0 Å². The number of likely N-dealkylation sites (N-methyl/N-ethyl adjacent to an activating group) is 1. The molecule has 208 valence electrons. The van der Waals surface area contributed by atoms with Gasteiger partial charge in [-0.3, -0.25) is 4.79 Å². The second-order valence-corrected chi connectivity index (χ2v) is 9.98. The summed E-state index contributed by atoms with van der Waals surface area (Å²) in [5, 5.41) is 2.58. The average molecular weight is 616 g/mol. The molecule has 13 heteroatoms. The van der Waals surface area contributed by atoms with Crippen LogP contribution in [0.1, 0.15) is 27.0 Å². The quantitative estimate of drug-likeness (QED) is 0.362. The molecule has 6 nitrogen and oxygen atoms in total. The molecule has 1 aliphatic heterocycles. The molecule has 1 amide bonds. The first kappa shape index (κ1) is 28.8. The minimum Gasteiger partial charge on any atom is -0.352 e. The number of halogens is 7. The molecule has 0 aliphatic carbocycles. The predicted octanol–water partition coefficient (Wildman–Crippen LogP) is 5.67. The van der Waals surface area contributed by atoms with Crippen molar-refractivity contribution in [1.82, 2.24) is 20.2 Å². The molecule has 2 aromatic carbocycles. The number of aromatic nitrogens is 2. The first-order valence-electron chi connectivity index (χ1n) is 11.9. The number of piperazine rings is 1. The van der Waals surface area contributed by atoms with E-state index < -0.39 is 29.4 Å². The minimum absolute atomic E-state index is 0.0747. The highest BCUT2D eigenvalue weighted by atomic mass is 79.9. The fourth-order valence-electron chi connectivity index (χ4n) is 4.14. The molecule has 2 heterocycles. The van der Waals surface area contributed by atoms with E-state index in [-0.39, 0.29) is 30.2 Å². The second-order valence-electron chi connectivity index (χ2n) is 9.12. The zero-order chi connectivity index (χ0) is 28.4.